The van der Waals surface area contributed by atoms with E-state index < -0.39 is 0 Å². The average molecular weight is 306 g/mol. The molecule has 1 aromatic rings. The third-order valence-electron chi connectivity index (χ3n) is 2.76. The standard InChI is InChI=1S/C16H22N2O2S/c1-16(2,3)21-12-15(19)18(9-10-20-4)14-7-5-13(11-17)6-8-14/h5-8H,9-10,12H2,1-4H3. The number of anilines is 1. The Bertz CT molecular complexity index is 500. The van der Waals surface area contributed by atoms with Crippen LogP contribution in [0.3, 0.4) is 0 Å². The van der Waals surface area contributed by atoms with Gasteiger partial charge in [0, 0.05) is 24.1 Å². The highest BCUT2D eigenvalue weighted by Crippen LogP contribution is 2.24. The van der Waals surface area contributed by atoms with Crippen LogP contribution in [-0.4, -0.2) is 36.7 Å². The highest BCUT2D eigenvalue weighted by Gasteiger charge is 2.19. The highest BCUT2D eigenvalue weighted by atomic mass is 32.2. The summed E-state index contributed by atoms with van der Waals surface area (Å²) in [5.74, 6) is 0.476. The van der Waals surface area contributed by atoms with Crippen molar-refractivity contribution in [3.8, 4) is 6.07 Å². The van der Waals surface area contributed by atoms with Gasteiger partial charge in [-0.3, -0.25) is 4.79 Å². The largest absolute Gasteiger partial charge is 0.383 e. The molecule has 0 radical (unpaired) electrons. The summed E-state index contributed by atoms with van der Waals surface area (Å²) in [5, 5.41) is 8.84. The number of methoxy groups -OCH3 is 1. The van der Waals surface area contributed by atoms with E-state index in [4.69, 9.17) is 10.00 Å². The van der Waals surface area contributed by atoms with E-state index >= 15 is 0 Å². The Morgan fingerprint density at radius 3 is 2.43 bits per heavy atom. The van der Waals surface area contributed by atoms with Gasteiger partial charge >= 0.3 is 0 Å². The summed E-state index contributed by atoms with van der Waals surface area (Å²) in [7, 11) is 1.62. The molecule has 4 nitrogen and oxygen atoms in total. The molecular formula is C16H22N2O2S. The molecule has 21 heavy (non-hydrogen) atoms. The van der Waals surface area contributed by atoms with Crippen LogP contribution < -0.4 is 4.90 Å². The molecule has 0 aliphatic heterocycles. The van der Waals surface area contributed by atoms with Gasteiger partial charge in [-0.25, -0.2) is 0 Å². The van der Waals surface area contributed by atoms with Crippen molar-refractivity contribution in [3.05, 3.63) is 29.8 Å². The van der Waals surface area contributed by atoms with E-state index in [2.05, 4.69) is 26.8 Å². The number of rotatable bonds is 6. The van der Waals surface area contributed by atoms with Gasteiger partial charge in [0.1, 0.15) is 0 Å². The van der Waals surface area contributed by atoms with E-state index in [1.165, 1.54) is 0 Å². The Kier molecular flexibility index (Phi) is 6.73. The van der Waals surface area contributed by atoms with Gasteiger partial charge in [-0.05, 0) is 24.3 Å². The second kappa shape index (κ2) is 8.06. The summed E-state index contributed by atoms with van der Waals surface area (Å²) < 4.78 is 5.13. The fraction of sp³-hybridized carbons (Fsp3) is 0.500. The predicted molar refractivity (Wildman–Crippen MR) is 87.6 cm³/mol. The summed E-state index contributed by atoms with van der Waals surface area (Å²) in [5.41, 5.74) is 1.38. The average Bonchev–Trinajstić information content (AvgIpc) is 2.45. The molecule has 0 saturated carbocycles. The first-order valence-electron chi connectivity index (χ1n) is 6.81. The SMILES string of the molecule is COCCN(C(=O)CSC(C)(C)C)c1ccc(C#N)cc1. The maximum Gasteiger partial charge on any atom is 0.237 e. The molecule has 0 heterocycles. The maximum atomic E-state index is 12.4. The zero-order chi connectivity index (χ0) is 15.9. The summed E-state index contributed by atoms with van der Waals surface area (Å²) in [6.07, 6.45) is 0. The van der Waals surface area contributed by atoms with Crippen LogP contribution in [0.15, 0.2) is 24.3 Å². The van der Waals surface area contributed by atoms with Crippen molar-refractivity contribution in [2.45, 2.75) is 25.5 Å². The molecule has 0 spiro atoms. The van der Waals surface area contributed by atoms with E-state index in [-0.39, 0.29) is 10.7 Å². The van der Waals surface area contributed by atoms with Crippen LogP contribution in [0.5, 0.6) is 0 Å². The van der Waals surface area contributed by atoms with Gasteiger partial charge in [0.05, 0.1) is 24.0 Å². The Labute approximate surface area is 131 Å². The Balaban J connectivity index is 2.83. The van der Waals surface area contributed by atoms with Gasteiger partial charge in [-0.1, -0.05) is 20.8 Å². The van der Waals surface area contributed by atoms with Crippen LogP contribution >= 0.6 is 11.8 Å². The molecule has 0 bridgehead atoms. The lowest BCUT2D eigenvalue weighted by atomic mass is 10.2. The van der Waals surface area contributed by atoms with Gasteiger partial charge in [0.25, 0.3) is 0 Å². The fourth-order valence-corrected chi connectivity index (χ4v) is 2.36. The van der Waals surface area contributed by atoms with Crippen molar-refractivity contribution in [2.24, 2.45) is 0 Å². The topological polar surface area (TPSA) is 53.3 Å². The zero-order valence-electron chi connectivity index (χ0n) is 13.0. The molecule has 0 saturated heterocycles. The molecule has 1 rings (SSSR count). The maximum absolute atomic E-state index is 12.4. The quantitative estimate of drug-likeness (QED) is 0.810. The Morgan fingerprint density at radius 2 is 1.95 bits per heavy atom. The highest BCUT2D eigenvalue weighted by molar-refractivity contribution is 8.01. The van der Waals surface area contributed by atoms with E-state index in [1.54, 1.807) is 48.0 Å². The van der Waals surface area contributed by atoms with Gasteiger partial charge < -0.3 is 9.64 Å². The minimum Gasteiger partial charge on any atom is -0.383 e. The van der Waals surface area contributed by atoms with Crippen molar-refractivity contribution >= 4 is 23.4 Å². The molecular weight excluding hydrogens is 284 g/mol. The molecule has 0 aliphatic rings. The van der Waals surface area contributed by atoms with Gasteiger partial charge in [-0.15, -0.1) is 11.8 Å². The lowest BCUT2D eigenvalue weighted by molar-refractivity contribution is -0.116. The minimum atomic E-state index is 0.0489. The Hall–Kier alpha value is -1.51. The lowest BCUT2D eigenvalue weighted by Crippen LogP contribution is -2.36. The monoisotopic (exact) mass is 306 g/mol. The molecule has 1 amide bonds. The molecule has 0 N–H and O–H groups in total. The zero-order valence-corrected chi connectivity index (χ0v) is 13.9. The first-order chi connectivity index (χ1) is 9.87. The molecule has 114 valence electrons. The van der Waals surface area contributed by atoms with Crippen molar-refractivity contribution < 1.29 is 9.53 Å². The minimum absolute atomic E-state index is 0.0489. The number of hydrogen-bond acceptors (Lipinski definition) is 4. The molecule has 0 unspecified atom stereocenters. The second-order valence-electron chi connectivity index (χ2n) is 5.60. The molecule has 0 aliphatic carbocycles. The third-order valence-corrected chi connectivity index (χ3v) is 4.01. The number of benzene rings is 1. The molecule has 5 heteroatoms. The van der Waals surface area contributed by atoms with E-state index in [9.17, 15) is 4.79 Å². The number of thioether (sulfide) groups is 1. The fourth-order valence-electron chi connectivity index (χ4n) is 1.65. The molecule has 0 atom stereocenters. The Morgan fingerprint density at radius 1 is 1.33 bits per heavy atom. The number of nitrogens with zero attached hydrogens (tertiary/aromatic N) is 2. The van der Waals surface area contributed by atoms with Crippen LogP contribution in [0.2, 0.25) is 0 Å². The number of hydrogen-bond donors (Lipinski definition) is 0. The third kappa shape index (κ3) is 6.19. The predicted octanol–water partition coefficient (Wildman–Crippen LogP) is 3.07. The first-order valence-corrected chi connectivity index (χ1v) is 7.79. The van der Waals surface area contributed by atoms with E-state index in [1.807, 2.05) is 0 Å². The number of carbonyl (C=O) groups excluding carboxylic acids is 1. The smallest absolute Gasteiger partial charge is 0.237 e. The van der Waals surface area contributed by atoms with Crippen LogP contribution in [0.25, 0.3) is 0 Å². The van der Waals surface area contributed by atoms with Gasteiger partial charge in [0.2, 0.25) is 5.91 Å². The van der Waals surface area contributed by atoms with E-state index in [0.717, 1.165) is 5.69 Å². The number of ether oxygens (including phenoxy) is 1. The summed E-state index contributed by atoms with van der Waals surface area (Å²) >= 11 is 1.62. The second-order valence-corrected chi connectivity index (χ2v) is 7.40. The molecule has 0 fully saturated rings. The van der Waals surface area contributed by atoms with Crippen molar-refractivity contribution in [1.82, 2.24) is 0 Å². The van der Waals surface area contributed by atoms with Crippen LogP contribution in [-0.2, 0) is 9.53 Å². The van der Waals surface area contributed by atoms with Gasteiger partial charge in [-0.2, -0.15) is 5.26 Å². The molecule has 1 aromatic carbocycles. The van der Waals surface area contributed by atoms with Gasteiger partial charge in [0.15, 0.2) is 0 Å². The molecule has 0 aromatic heterocycles. The summed E-state index contributed by atoms with van der Waals surface area (Å²) in [6.45, 7) is 7.25. The van der Waals surface area contributed by atoms with Crippen LogP contribution in [0.4, 0.5) is 5.69 Å². The van der Waals surface area contributed by atoms with Crippen molar-refractivity contribution in [3.63, 3.8) is 0 Å². The normalized spacial score (nSPS) is 11.0. The lowest BCUT2D eigenvalue weighted by Gasteiger charge is -2.25. The number of amides is 1. The van der Waals surface area contributed by atoms with Crippen LogP contribution in [0.1, 0.15) is 26.3 Å². The number of nitriles is 1. The van der Waals surface area contributed by atoms with Crippen molar-refractivity contribution in [1.29, 1.82) is 5.26 Å². The van der Waals surface area contributed by atoms with Crippen molar-refractivity contribution in [2.75, 3.05) is 30.9 Å². The van der Waals surface area contributed by atoms with E-state index in [0.29, 0.717) is 24.5 Å². The first kappa shape index (κ1) is 17.5. The van der Waals surface area contributed by atoms with Crippen LogP contribution in [0, 0.1) is 11.3 Å². The summed E-state index contributed by atoms with van der Waals surface area (Å²) in [4.78, 5) is 14.1. The summed E-state index contributed by atoms with van der Waals surface area (Å²) in [6, 6.07) is 9.12. The number of carbonyl (C=O) groups is 1.